The number of hydrogen-bond acceptors (Lipinski definition) is 5. The molecule has 0 N–H and O–H groups in total. The second-order valence-corrected chi connectivity index (χ2v) is 12.7. The Labute approximate surface area is 204 Å². The topological polar surface area (TPSA) is 69.7 Å². The van der Waals surface area contributed by atoms with Crippen LogP contribution in [0.1, 0.15) is 80.6 Å². The standard InChI is InChI=1S/C15H22O2.C14H20O3/c1-9(2)15-7-5-14(4,6-8-15)11-10(3)17-13(16)12(11)15;1-7(2)5-10-6-8(3)9(4)11-12(10)14(16)17-13(11)15/h9,11-12H,3,5-8H2,1-2,4H3;6-7,9-12H,5H2,1-4H3. The van der Waals surface area contributed by atoms with Crippen LogP contribution in [-0.2, 0) is 23.9 Å². The maximum Gasteiger partial charge on any atom is 0.318 e. The lowest BCUT2D eigenvalue weighted by molar-refractivity contribution is -0.158. The van der Waals surface area contributed by atoms with Gasteiger partial charge in [-0.25, -0.2) is 0 Å². The van der Waals surface area contributed by atoms with Gasteiger partial charge in [0.05, 0.1) is 17.8 Å². The first kappa shape index (κ1) is 25.2. The van der Waals surface area contributed by atoms with Crippen molar-refractivity contribution in [3.8, 4) is 0 Å². The summed E-state index contributed by atoms with van der Waals surface area (Å²) in [5, 5.41) is 0. The highest BCUT2D eigenvalue weighted by Gasteiger charge is 2.66. The molecule has 0 aromatic carbocycles. The second kappa shape index (κ2) is 8.64. The molecule has 2 bridgehead atoms. The van der Waals surface area contributed by atoms with Crippen LogP contribution in [0.4, 0.5) is 0 Å². The van der Waals surface area contributed by atoms with Crippen molar-refractivity contribution in [2.24, 2.45) is 58.2 Å². The molecule has 5 nitrogen and oxygen atoms in total. The van der Waals surface area contributed by atoms with Crippen LogP contribution in [0.5, 0.6) is 0 Å². The largest absolute Gasteiger partial charge is 0.431 e. The summed E-state index contributed by atoms with van der Waals surface area (Å²) in [5.41, 5.74) is 1.65. The number of carbonyl (C=O) groups excluding carboxylic acids is 3. The molecule has 2 saturated heterocycles. The van der Waals surface area contributed by atoms with Crippen molar-refractivity contribution in [2.75, 3.05) is 0 Å². The number of carbonyl (C=O) groups is 3. The lowest BCUT2D eigenvalue weighted by atomic mass is 9.43. The van der Waals surface area contributed by atoms with E-state index in [1.165, 1.54) is 31.3 Å². The molecule has 6 aliphatic rings. The van der Waals surface area contributed by atoms with Gasteiger partial charge in [0.2, 0.25) is 0 Å². The highest BCUT2D eigenvalue weighted by molar-refractivity contribution is 5.97. The van der Waals surface area contributed by atoms with E-state index in [-0.39, 0.29) is 64.2 Å². The van der Waals surface area contributed by atoms with Crippen LogP contribution in [0.2, 0.25) is 0 Å². The van der Waals surface area contributed by atoms with E-state index >= 15 is 0 Å². The van der Waals surface area contributed by atoms with Gasteiger partial charge in [0.15, 0.2) is 0 Å². The van der Waals surface area contributed by atoms with Gasteiger partial charge in [-0.1, -0.05) is 59.8 Å². The minimum Gasteiger partial charge on any atom is -0.431 e. The predicted octanol–water partition coefficient (Wildman–Crippen LogP) is 6.09. The fourth-order valence-corrected chi connectivity index (χ4v) is 7.90. The van der Waals surface area contributed by atoms with E-state index in [0.29, 0.717) is 11.8 Å². The van der Waals surface area contributed by atoms with E-state index in [0.717, 1.165) is 12.2 Å². The molecule has 6 atom stereocenters. The van der Waals surface area contributed by atoms with Gasteiger partial charge in [-0.2, -0.15) is 0 Å². The Hall–Kier alpha value is -1.91. The molecule has 0 radical (unpaired) electrons. The van der Waals surface area contributed by atoms with Crippen LogP contribution in [0.15, 0.2) is 24.0 Å². The van der Waals surface area contributed by atoms with Crippen molar-refractivity contribution >= 4 is 17.9 Å². The van der Waals surface area contributed by atoms with Crippen LogP contribution in [0.25, 0.3) is 0 Å². The van der Waals surface area contributed by atoms with Crippen molar-refractivity contribution in [1.29, 1.82) is 0 Å². The fourth-order valence-electron chi connectivity index (χ4n) is 7.90. The molecule has 4 aliphatic carbocycles. The number of cyclic esters (lactones) is 3. The van der Waals surface area contributed by atoms with Gasteiger partial charge in [-0.05, 0) is 73.5 Å². The van der Waals surface area contributed by atoms with Crippen LogP contribution < -0.4 is 0 Å². The average Bonchev–Trinajstić information content (AvgIpc) is 3.23. The summed E-state index contributed by atoms with van der Waals surface area (Å²) in [6.45, 7) is 19.2. The second-order valence-electron chi connectivity index (χ2n) is 12.7. The Kier molecular flexibility index (Phi) is 6.40. The minimum absolute atomic E-state index is 0.000625. The summed E-state index contributed by atoms with van der Waals surface area (Å²) in [4.78, 5) is 35.7. The summed E-state index contributed by atoms with van der Waals surface area (Å²) in [6.07, 6.45) is 7.93. The smallest absolute Gasteiger partial charge is 0.318 e. The molecular formula is C29H42O5. The van der Waals surface area contributed by atoms with E-state index < -0.39 is 0 Å². The van der Waals surface area contributed by atoms with Gasteiger partial charge in [-0.15, -0.1) is 0 Å². The van der Waals surface area contributed by atoms with E-state index in [4.69, 9.17) is 9.47 Å². The van der Waals surface area contributed by atoms with Crippen LogP contribution >= 0.6 is 0 Å². The summed E-state index contributed by atoms with van der Waals surface area (Å²) < 4.78 is 10.2. The zero-order chi connectivity index (χ0) is 25.2. The summed E-state index contributed by atoms with van der Waals surface area (Å²) in [7, 11) is 0. The summed E-state index contributed by atoms with van der Waals surface area (Å²) in [5.74, 6) is 1.32. The zero-order valence-electron chi connectivity index (χ0n) is 22.0. The molecule has 0 aromatic heterocycles. The maximum absolute atomic E-state index is 12.2. The van der Waals surface area contributed by atoms with Gasteiger partial charge in [0, 0.05) is 5.92 Å². The molecule has 6 unspecified atom stereocenters. The first-order chi connectivity index (χ1) is 15.8. The van der Waals surface area contributed by atoms with E-state index in [2.05, 4.69) is 47.3 Å². The monoisotopic (exact) mass is 470 g/mol. The SMILES string of the molecule is C=C1OC(=O)C2C1C1(C)CCC2(C(C)C)CC1.CC1=CC(CC(C)C)C2C(=O)OC(=O)C2C1C. The Bertz CT molecular complexity index is 917. The number of rotatable bonds is 3. The highest BCUT2D eigenvalue weighted by Crippen LogP contribution is 2.68. The molecule has 188 valence electrons. The number of allylic oxidation sites excluding steroid dienone is 3. The van der Waals surface area contributed by atoms with Gasteiger partial charge in [0.25, 0.3) is 0 Å². The molecule has 6 rings (SSSR count). The van der Waals surface area contributed by atoms with Crippen molar-refractivity contribution in [3.63, 3.8) is 0 Å². The summed E-state index contributed by atoms with van der Waals surface area (Å²) in [6, 6.07) is 0. The lowest BCUT2D eigenvalue weighted by Crippen LogP contribution is -2.55. The van der Waals surface area contributed by atoms with Gasteiger partial charge in [0.1, 0.15) is 5.76 Å². The molecule has 5 heteroatoms. The van der Waals surface area contributed by atoms with Crippen molar-refractivity contribution in [3.05, 3.63) is 24.0 Å². The molecule has 0 spiro atoms. The molecule has 0 amide bonds. The van der Waals surface area contributed by atoms with Gasteiger partial charge >= 0.3 is 17.9 Å². The normalized spacial score (nSPS) is 42.7. The Morgan fingerprint density at radius 2 is 1.53 bits per heavy atom. The minimum atomic E-state index is -0.325. The number of esters is 3. The van der Waals surface area contributed by atoms with E-state index in [1.54, 1.807) is 0 Å². The Balaban J connectivity index is 0.000000161. The molecule has 34 heavy (non-hydrogen) atoms. The van der Waals surface area contributed by atoms with Crippen molar-refractivity contribution in [1.82, 2.24) is 0 Å². The third kappa shape index (κ3) is 3.78. The molecule has 0 aromatic rings. The van der Waals surface area contributed by atoms with Crippen molar-refractivity contribution in [2.45, 2.75) is 80.6 Å². The summed E-state index contributed by atoms with van der Waals surface area (Å²) >= 11 is 0. The van der Waals surface area contributed by atoms with Gasteiger partial charge in [-0.3, -0.25) is 14.4 Å². The van der Waals surface area contributed by atoms with Crippen LogP contribution in [-0.4, -0.2) is 17.9 Å². The van der Waals surface area contributed by atoms with Gasteiger partial charge < -0.3 is 9.47 Å². The molecule has 2 heterocycles. The van der Waals surface area contributed by atoms with Crippen LogP contribution in [0, 0.1) is 58.2 Å². The third-order valence-corrected chi connectivity index (χ3v) is 10.1. The Morgan fingerprint density at radius 1 is 0.941 bits per heavy atom. The molecule has 2 aliphatic heterocycles. The number of fused-ring (bicyclic) bond motifs is 3. The van der Waals surface area contributed by atoms with Crippen molar-refractivity contribution < 1.29 is 23.9 Å². The predicted molar refractivity (Wildman–Crippen MR) is 130 cm³/mol. The van der Waals surface area contributed by atoms with E-state index in [9.17, 15) is 14.4 Å². The zero-order valence-corrected chi connectivity index (χ0v) is 22.0. The first-order valence-corrected chi connectivity index (χ1v) is 13.2. The number of ether oxygens (including phenoxy) is 2. The third-order valence-electron chi connectivity index (χ3n) is 10.1. The first-order valence-electron chi connectivity index (χ1n) is 13.2. The Morgan fingerprint density at radius 3 is 2.09 bits per heavy atom. The lowest BCUT2D eigenvalue weighted by Gasteiger charge is -2.59. The highest BCUT2D eigenvalue weighted by atomic mass is 16.6. The molecule has 5 fully saturated rings. The molecular weight excluding hydrogens is 428 g/mol. The number of hydrogen-bond donors (Lipinski definition) is 0. The van der Waals surface area contributed by atoms with E-state index in [1.807, 2.05) is 13.8 Å². The average molecular weight is 471 g/mol. The fraction of sp³-hybridized carbons (Fsp3) is 0.759. The molecule has 3 saturated carbocycles. The van der Waals surface area contributed by atoms with Crippen LogP contribution in [0.3, 0.4) is 0 Å². The maximum atomic E-state index is 12.2. The quantitative estimate of drug-likeness (QED) is 0.284.